The molecule has 0 saturated carbocycles. The van der Waals surface area contributed by atoms with Crippen molar-refractivity contribution in [1.82, 2.24) is 15.3 Å². The molecule has 3 fully saturated rings. The smallest absolute Gasteiger partial charge is 0.252 e. The van der Waals surface area contributed by atoms with Crippen LogP contribution in [0.4, 0.5) is 10.2 Å². The van der Waals surface area contributed by atoms with E-state index in [4.69, 9.17) is 4.74 Å². The lowest BCUT2D eigenvalue weighted by Crippen LogP contribution is -2.41. The summed E-state index contributed by atoms with van der Waals surface area (Å²) in [5.74, 6) is 0.802. The Bertz CT molecular complexity index is 906. The first-order chi connectivity index (χ1) is 13.5. The minimum absolute atomic E-state index is 0.132. The van der Waals surface area contributed by atoms with Crippen LogP contribution in [0.3, 0.4) is 0 Å². The second kappa shape index (κ2) is 6.51. The van der Waals surface area contributed by atoms with Gasteiger partial charge >= 0.3 is 0 Å². The molecule has 28 heavy (non-hydrogen) atoms. The van der Waals surface area contributed by atoms with Gasteiger partial charge in [-0.1, -0.05) is 6.07 Å². The number of hydrogen-bond donors (Lipinski definition) is 1. The third-order valence-electron chi connectivity index (χ3n) is 6.47. The summed E-state index contributed by atoms with van der Waals surface area (Å²) in [6.45, 7) is 4.30. The maximum atomic E-state index is 13.3. The highest BCUT2D eigenvalue weighted by atomic mass is 19.1. The van der Waals surface area contributed by atoms with Crippen molar-refractivity contribution in [1.29, 1.82) is 0 Å². The summed E-state index contributed by atoms with van der Waals surface area (Å²) in [6, 6.07) is 5.35. The summed E-state index contributed by atoms with van der Waals surface area (Å²) in [4.78, 5) is 23.0. The second-order valence-corrected chi connectivity index (χ2v) is 8.21. The fraction of sp³-hybridized carbons (Fsp3) is 0.476. The van der Waals surface area contributed by atoms with Crippen LogP contribution in [-0.2, 0) is 4.74 Å². The van der Waals surface area contributed by atoms with E-state index in [-0.39, 0.29) is 29.1 Å². The number of rotatable bonds is 4. The molecule has 1 amide bonds. The van der Waals surface area contributed by atoms with Gasteiger partial charge in [-0.25, -0.2) is 9.37 Å². The number of ether oxygens (including phenoxy) is 1. The number of anilines is 1. The van der Waals surface area contributed by atoms with E-state index in [0.717, 1.165) is 43.5 Å². The van der Waals surface area contributed by atoms with Crippen molar-refractivity contribution in [2.75, 3.05) is 24.5 Å². The number of nitrogens with one attached hydrogen (secondary N) is 1. The van der Waals surface area contributed by atoms with Crippen LogP contribution < -0.4 is 10.2 Å². The van der Waals surface area contributed by atoms with E-state index in [1.165, 1.54) is 12.3 Å². The molecule has 2 aromatic rings. The zero-order valence-corrected chi connectivity index (χ0v) is 15.8. The SMILES string of the molecule is Cc1ccc(N2C[C@@H]3[C@H](CNC(=O)c4cncc(F)c4)[C@H]4CC[C@]3(C2)O4)nc1. The maximum Gasteiger partial charge on any atom is 0.252 e. The van der Waals surface area contributed by atoms with Gasteiger partial charge in [-0.2, -0.15) is 0 Å². The number of pyridine rings is 2. The van der Waals surface area contributed by atoms with Gasteiger partial charge in [0.1, 0.15) is 11.6 Å². The first kappa shape index (κ1) is 17.6. The molecule has 7 heteroatoms. The molecular weight excluding hydrogens is 359 g/mol. The summed E-state index contributed by atoms with van der Waals surface area (Å²) < 4.78 is 19.8. The molecule has 4 atom stereocenters. The summed E-state index contributed by atoms with van der Waals surface area (Å²) in [6.07, 6.45) is 6.64. The van der Waals surface area contributed by atoms with Crippen molar-refractivity contribution >= 4 is 11.7 Å². The van der Waals surface area contributed by atoms with Gasteiger partial charge in [0.05, 0.1) is 23.5 Å². The molecule has 0 aliphatic carbocycles. The normalized spacial score (nSPS) is 30.5. The van der Waals surface area contributed by atoms with Gasteiger partial charge in [0.15, 0.2) is 0 Å². The lowest BCUT2D eigenvalue weighted by Gasteiger charge is -2.29. The third-order valence-corrected chi connectivity index (χ3v) is 6.47. The Morgan fingerprint density at radius 2 is 2.29 bits per heavy atom. The van der Waals surface area contributed by atoms with E-state index >= 15 is 0 Å². The number of amides is 1. The van der Waals surface area contributed by atoms with Crippen LogP contribution in [-0.4, -0.2) is 47.2 Å². The highest BCUT2D eigenvalue weighted by molar-refractivity contribution is 5.93. The van der Waals surface area contributed by atoms with E-state index in [1.807, 2.05) is 13.1 Å². The fourth-order valence-electron chi connectivity index (χ4n) is 5.13. The van der Waals surface area contributed by atoms with Gasteiger partial charge in [0, 0.05) is 43.9 Å². The molecule has 1 spiro atoms. The van der Waals surface area contributed by atoms with Gasteiger partial charge in [0.2, 0.25) is 0 Å². The second-order valence-electron chi connectivity index (χ2n) is 8.21. The molecule has 0 aromatic carbocycles. The average molecular weight is 382 g/mol. The Kier molecular flexibility index (Phi) is 4.08. The molecule has 3 aliphatic rings. The molecule has 3 saturated heterocycles. The predicted octanol–water partition coefficient (Wildman–Crippen LogP) is 2.34. The van der Waals surface area contributed by atoms with Crippen molar-refractivity contribution in [3.63, 3.8) is 0 Å². The third kappa shape index (κ3) is 2.85. The summed E-state index contributed by atoms with van der Waals surface area (Å²) in [7, 11) is 0. The number of carbonyl (C=O) groups excluding carboxylic acids is 1. The quantitative estimate of drug-likeness (QED) is 0.879. The van der Waals surface area contributed by atoms with Gasteiger partial charge < -0.3 is 15.0 Å². The minimum atomic E-state index is -0.508. The number of carbonyl (C=O) groups is 1. The van der Waals surface area contributed by atoms with E-state index in [2.05, 4.69) is 32.3 Å². The molecule has 2 bridgehead atoms. The Balaban J connectivity index is 1.29. The molecule has 1 N–H and O–H groups in total. The molecule has 5 heterocycles. The Labute approximate surface area is 163 Å². The molecule has 146 valence electrons. The van der Waals surface area contributed by atoms with Crippen LogP contribution in [0.5, 0.6) is 0 Å². The Morgan fingerprint density at radius 3 is 3.07 bits per heavy atom. The first-order valence-electron chi connectivity index (χ1n) is 9.78. The van der Waals surface area contributed by atoms with Gasteiger partial charge in [-0.05, 0) is 37.5 Å². The van der Waals surface area contributed by atoms with E-state index in [0.29, 0.717) is 12.5 Å². The zero-order chi connectivity index (χ0) is 19.3. The number of hydrogen-bond acceptors (Lipinski definition) is 5. The largest absolute Gasteiger partial charge is 0.369 e. The number of nitrogens with zero attached hydrogens (tertiary/aromatic N) is 3. The minimum Gasteiger partial charge on any atom is -0.369 e. The van der Waals surface area contributed by atoms with Gasteiger partial charge in [-0.3, -0.25) is 9.78 Å². The van der Waals surface area contributed by atoms with Crippen molar-refractivity contribution in [3.8, 4) is 0 Å². The molecular formula is C21H23FN4O2. The number of aromatic nitrogens is 2. The number of halogens is 1. The first-order valence-corrected chi connectivity index (χ1v) is 9.78. The maximum absolute atomic E-state index is 13.3. The predicted molar refractivity (Wildman–Crippen MR) is 102 cm³/mol. The average Bonchev–Trinajstić information content (AvgIpc) is 3.35. The molecule has 0 radical (unpaired) electrons. The monoisotopic (exact) mass is 382 g/mol. The van der Waals surface area contributed by atoms with Crippen LogP contribution in [0.25, 0.3) is 0 Å². The molecule has 6 nitrogen and oxygen atoms in total. The van der Waals surface area contributed by atoms with Crippen molar-refractivity contribution < 1.29 is 13.9 Å². The number of aryl methyl sites for hydroxylation is 1. The Morgan fingerprint density at radius 1 is 1.39 bits per heavy atom. The summed E-state index contributed by atoms with van der Waals surface area (Å²) in [5.41, 5.74) is 1.26. The van der Waals surface area contributed by atoms with Crippen LogP contribution in [0.1, 0.15) is 28.8 Å². The Hall–Kier alpha value is -2.54. The molecule has 3 aliphatic heterocycles. The summed E-state index contributed by atoms with van der Waals surface area (Å²) >= 11 is 0. The lowest BCUT2D eigenvalue weighted by molar-refractivity contribution is 0.0141. The standard InChI is InChI=1S/C21H23FN4O2/c1-13-2-3-19(24-7-13)26-11-17-16(18-4-5-21(17,12-26)28-18)10-25-20(27)14-6-15(22)9-23-8-14/h2-3,6-9,16-18H,4-5,10-12H2,1H3,(H,25,27)/t16-,17+,18+,21+/m0/s1. The van der Waals surface area contributed by atoms with Crippen molar-refractivity contribution in [3.05, 3.63) is 53.7 Å². The topological polar surface area (TPSA) is 67.4 Å². The lowest BCUT2D eigenvalue weighted by atomic mass is 9.73. The van der Waals surface area contributed by atoms with Crippen LogP contribution in [0, 0.1) is 24.6 Å². The van der Waals surface area contributed by atoms with Gasteiger partial charge in [-0.15, -0.1) is 0 Å². The van der Waals surface area contributed by atoms with Gasteiger partial charge in [0.25, 0.3) is 5.91 Å². The van der Waals surface area contributed by atoms with E-state index in [9.17, 15) is 9.18 Å². The van der Waals surface area contributed by atoms with Crippen LogP contribution in [0.15, 0.2) is 36.8 Å². The zero-order valence-electron chi connectivity index (χ0n) is 15.8. The van der Waals surface area contributed by atoms with E-state index < -0.39 is 5.82 Å². The van der Waals surface area contributed by atoms with Crippen molar-refractivity contribution in [2.45, 2.75) is 31.5 Å². The van der Waals surface area contributed by atoms with Crippen molar-refractivity contribution in [2.24, 2.45) is 11.8 Å². The van der Waals surface area contributed by atoms with E-state index in [1.54, 1.807) is 0 Å². The molecule has 5 rings (SSSR count). The highest BCUT2D eigenvalue weighted by Crippen LogP contribution is 2.55. The highest BCUT2D eigenvalue weighted by Gasteiger charge is 2.63. The fourth-order valence-corrected chi connectivity index (χ4v) is 5.13. The molecule has 0 unspecified atom stereocenters. The molecule has 2 aromatic heterocycles. The summed E-state index contributed by atoms with van der Waals surface area (Å²) in [5, 5.41) is 2.96. The van der Waals surface area contributed by atoms with Crippen LogP contribution in [0.2, 0.25) is 0 Å². The van der Waals surface area contributed by atoms with Crippen LogP contribution >= 0.6 is 0 Å². The number of fused-ring (bicyclic) bond motifs is 1.